The number of aryl methyl sites for hydroxylation is 2. The highest BCUT2D eigenvalue weighted by Gasteiger charge is 2.43. The van der Waals surface area contributed by atoms with Crippen molar-refractivity contribution in [3.05, 3.63) is 167 Å². The van der Waals surface area contributed by atoms with Crippen molar-refractivity contribution >= 4 is 83.2 Å². The van der Waals surface area contributed by atoms with Crippen LogP contribution in [0.3, 0.4) is 0 Å². The Labute approximate surface area is 388 Å². The van der Waals surface area contributed by atoms with Crippen molar-refractivity contribution in [3.8, 4) is 33.6 Å². The second-order valence-electron chi connectivity index (χ2n) is 22.8. The first-order chi connectivity index (χ1) is 31.5. The van der Waals surface area contributed by atoms with Gasteiger partial charge in [0.1, 0.15) is 0 Å². The van der Waals surface area contributed by atoms with E-state index in [2.05, 4.69) is 229 Å². The molecule has 0 saturated heterocycles. The maximum Gasteiger partial charge on any atom is 0.333 e. The smallest absolute Gasteiger partial charge is 0.333 e. The van der Waals surface area contributed by atoms with Crippen LogP contribution in [0.1, 0.15) is 90.1 Å². The van der Waals surface area contributed by atoms with Gasteiger partial charge in [0.15, 0.2) is 0 Å². The maximum atomic E-state index is 2.76. The molecule has 0 radical (unpaired) electrons. The molecule has 322 valence electrons. The van der Waals surface area contributed by atoms with Crippen LogP contribution < -0.4 is 10.9 Å². The fourth-order valence-corrected chi connectivity index (χ4v) is 12.1. The summed E-state index contributed by atoms with van der Waals surface area (Å²) < 4.78 is 7.98. The highest BCUT2D eigenvalue weighted by molar-refractivity contribution is 6.90. The van der Waals surface area contributed by atoms with Crippen molar-refractivity contribution in [1.29, 1.82) is 0 Å². The Morgan fingerprint density at radius 1 is 0.409 bits per heavy atom. The lowest BCUT2D eigenvalue weighted by Crippen LogP contribution is -2.55. The van der Waals surface area contributed by atoms with Crippen molar-refractivity contribution in [1.82, 2.24) is 13.6 Å². The van der Waals surface area contributed by atoms with Crippen molar-refractivity contribution in [2.24, 2.45) is 0 Å². The van der Waals surface area contributed by atoms with Crippen molar-refractivity contribution in [2.75, 3.05) is 0 Å². The molecule has 0 atom stereocenters. The molecule has 8 aromatic carbocycles. The standard InChI is InChI=1S/C62H56BN3/c1-35-26-36(2)28-42(27-35)64-51-18-14-12-16-43(51)49-34-50-59-55(58(49)64)44-17-13-15-19-52(44)65(59)54-30-38(37-20-22-39(23-21-37)60(3,4)5)29-46-48-33-41(62(9,10)11)32-47-45-31-40(61(6,7)8)24-25-53(45)66(57(47)48)63(50)56(46)54/h12-34H,1-11H3. The molecular formula is C62H56BN3. The van der Waals surface area contributed by atoms with Crippen molar-refractivity contribution in [2.45, 2.75) is 92.4 Å². The van der Waals surface area contributed by atoms with Crippen molar-refractivity contribution in [3.63, 3.8) is 0 Å². The van der Waals surface area contributed by atoms with Crippen LogP contribution in [0.25, 0.3) is 99.0 Å². The third kappa shape index (κ3) is 5.33. The Kier molecular flexibility index (Phi) is 7.78. The van der Waals surface area contributed by atoms with E-state index in [4.69, 9.17) is 0 Å². The van der Waals surface area contributed by atoms with Gasteiger partial charge in [0, 0.05) is 60.3 Å². The minimum Gasteiger partial charge on any atom is -0.375 e. The van der Waals surface area contributed by atoms with Crippen LogP contribution in [0.5, 0.6) is 0 Å². The van der Waals surface area contributed by atoms with Gasteiger partial charge >= 0.3 is 6.85 Å². The molecule has 0 N–H and O–H groups in total. The molecule has 0 amide bonds. The van der Waals surface area contributed by atoms with Gasteiger partial charge in [0.05, 0.1) is 22.1 Å². The minimum absolute atomic E-state index is 0.00779. The first-order valence-corrected chi connectivity index (χ1v) is 24.0. The number of aromatic nitrogens is 3. The van der Waals surface area contributed by atoms with Gasteiger partial charge in [-0.05, 0) is 146 Å². The summed E-state index contributed by atoms with van der Waals surface area (Å²) >= 11 is 0. The highest BCUT2D eigenvalue weighted by atomic mass is 15.0. The van der Waals surface area contributed by atoms with E-state index in [0.29, 0.717) is 0 Å². The molecule has 0 spiro atoms. The van der Waals surface area contributed by atoms with E-state index in [1.165, 1.54) is 138 Å². The summed E-state index contributed by atoms with van der Waals surface area (Å²) in [4.78, 5) is 0. The van der Waals surface area contributed by atoms with Gasteiger partial charge in [-0.3, -0.25) is 0 Å². The first kappa shape index (κ1) is 39.6. The number of benzene rings is 8. The van der Waals surface area contributed by atoms with Crippen LogP contribution >= 0.6 is 0 Å². The van der Waals surface area contributed by atoms with Gasteiger partial charge in [0.2, 0.25) is 0 Å². The number of para-hydroxylation sites is 2. The van der Waals surface area contributed by atoms with Gasteiger partial charge in [0.25, 0.3) is 0 Å². The second-order valence-corrected chi connectivity index (χ2v) is 22.8. The van der Waals surface area contributed by atoms with E-state index in [1.807, 2.05) is 0 Å². The summed E-state index contributed by atoms with van der Waals surface area (Å²) in [7, 11) is 0. The lowest BCUT2D eigenvalue weighted by Gasteiger charge is -2.35. The summed E-state index contributed by atoms with van der Waals surface area (Å²) in [6, 6.07) is 54.8. The molecule has 0 fully saturated rings. The number of fused-ring (bicyclic) bond motifs is 14. The minimum atomic E-state index is -0.0622. The van der Waals surface area contributed by atoms with Crippen LogP contribution in [-0.4, -0.2) is 20.5 Å². The van der Waals surface area contributed by atoms with Crippen LogP contribution in [0.4, 0.5) is 0 Å². The molecule has 3 nitrogen and oxygen atoms in total. The Morgan fingerprint density at radius 2 is 1.02 bits per heavy atom. The van der Waals surface area contributed by atoms with Crippen molar-refractivity contribution < 1.29 is 0 Å². The fraction of sp³-hybridized carbons (Fsp3) is 0.226. The summed E-state index contributed by atoms with van der Waals surface area (Å²) in [5.41, 5.74) is 24.7. The quantitative estimate of drug-likeness (QED) is 0.154. The van der Waals surface area contributed by atoms with E-state index in [1.54, 1.807) is 0 Å². The topological polar surface area (TPSA) is 14.8 Å². The predicted octanol–water partition coefficient (Wildman–Crippen LogP) is 15.1. The van der Waals surface area contributed by atoms with Gasteiger partial charge < -0.3 is 13.6 Å². The third-order valence-corrected chi connectivity index (χ3v) is 15.3. The zero-order valence-electron chi connectivity index (χ0n) is 40.2. The molecule has 13 rings (SSSR count). The molecule has 4 heteroatoms. The van der Waals surface area contributed by atoms with E-state index < -0.39 is 0 Å². The van der Waals surface area contributed by atoms with E-state index >= 15 is 0 Å². The molecule has 0 aliphatic carbocycles. The normalized spacial score (nSPS) is 13.7. The van der Waals surface area contributed by atoms with Crippen LogP contribution in [-0.2, 0) is 16.2 Å². The van der Waals surface area contributed by atoms with Crippen LogP contribution in [0, 0.1) is 13.8 Å². The Hall–Kier alpha value is -6.78. The van der Waals surface area contributed by atoms with Gasteiger partial charge in [-0.2, -0.15) is 0 Å². The summed E-state index contributed by atoms with van der Waals surface area (Å²) in [5.74, 6) is 0. The monoisotopic (exact) mass is 853 g/mol. The number of hydrogen-bond acceptors (Lipinski definition) is 0. The fourth-order valence-electron chi connectivity index (χ4n) is 12.1. The molecule has 2 aliphatic rings. The summed E-state index contributed by atoms with van der Waals surface area (Å²) in [6.45, 7) is 25.4. The molecular weight excluding hydrogens is 798 g/mol. The summed E-state index contributed by atoms with van der Waals surface area (Å²) in [5, 5.41) is 7.87. The third-order valence-electron chi connectivity index (χ3n) is 15.3. The molecule has 0 saturated carbocycles. The van der Waals surface area contributed by atoms with Crippen LogP contribution in [0.2, 0.25) is 0 Å². The molecule has 0 bridgehead atoms. The SMILES string of the molecule is Cc1cc(C)cc(-n2c3ccccc3c3cc4c5c(c6ccccc6n5-c5cc(-c6ccc(C(C)(C)C)cc6)cc6c5B4n4c5ccc(C(C)(C)C)cc5c5cc(C(C)(C)C)cc-6c54)c32)c1. The molecule has 5 heterocycles. The number of hydrogen-bond donors (Lipinski definition) is 0. The first-order valence-electron chi connectivity index (χ1n) is 24.0. The average molecular weight is 854 g/mol. The number of nitrogens with zero attached hydrogens (tertiary/aromatic N) is 3. The Bertz CT molecular complexity index is 3920. The zero-order chi connectivity index (χ0) is 45.5. The number of rotatable bonds is 2. The Morgan fingerprint density at radius 3 is 1.70 bits per heavy atom. The van der Waals surface area contributed by atoms with Gasteiger partial charge in [-0.1, -0.05) is 141 Å². The molecule has 0 unspecified atom stereocenters. The molecule has 3 aromatic heterocycles. The Balaban J connectivity index is 1.26. The molecule has 66 heavy (non-hydrogen) atoms. The predicted molar refractivity (Wildman–Crippen MR) is 285 cm³/mol. The van der Waals surface area contributed by atoms with E-state index in [-0.39, 0.29) is 23.1 Å². The maximum absolute atomic E-state index is 2.76. The average Bonchev–Trinajstić information content (AvgIpc) is 3.91. The van der Waals surface area contributed by atoms with Gasteiger partial charge in [-0.25, -0.2) is 0 Å². The summed E-state index contributed by atoms with van der Waals surface area (Å²) in [6.07, 6.45) is 0. The highest BCUT2D eigenvalue weighted by Crippen LogP contribution is 2.49. The van der Waals surface area contributed by atoms with E-state index in [0.717, 1.165) is 0 Å². The molecule has 2 aliphatic heterocycles. The largest absolute Gasteiger partial charge is 0.375 e. The van der Waals surface area contributed by atoms with Gasteiger partial charge in [-0.15, -0.1) is 0 Å². The lowest BCUT2D eigenvalue weighted by molar-refractivity contribution is 0.590. The second kappa shape index (κ2) is 13.0. The van der Waals surface area contributed by atoms with E-state index in [9.17, 15) is 0 Å². The lowest BCUT2D eigenvalue weighted by atomic mass is 9.45. The zero-order valence-corrected chi connectivity index (χ0v) is 40.2. The molecule has 11 aromatic rings. The van der Waals surface area contributed by atoms with Crippen LogP contribution in [0.15, 0.2) is 140 Å².